The number of halogens is 1. The van der Waals surface area contributed by atoms with E-state index in [1.165, 1.54) is 6.92 Å². The van der Waals surface area contributed by atoms with Gasteiger partial charge in [0.05, 0.1) is 4.91 Å². The molecular weight excluding hydrogens is 181 g/mol. The molecule has 68 valence electrons. The fourth-order valence-corrected chi connectivity index (χ4v) is 1.37. The Morgan fingerprint density at radius 3 is 2.00 bits per heavy atom. The molecule has 0 aliphatic heterocycles. The lowest BCUT2D eigenvalue weighted by Crippen LogP contribution is -2.15. The van der Waals surface area contributed by atoms with Gasteiger partial charge in [-0.05, 0) is 18.6 Å². The summed E-state index contributed by atoms with van der Waals surface area (Å²) in [6.45, 7) is 7.64. The van der Waals surface area contributed by atoms with Crippen LogP contribution in [0.15, 0.2) is 35.5 Å². The Hall–Kier alpha value is -0.940. The minimum Gasteiger partial charge on any atom is -0.225 e. The maximum absolute atomic E-state index is 12.2. The molecule has 0 heterocycles. The summed E-state index contributed by atoms with van der Waals surface area (Å²) in [5, 5.41) is 4.76. The molecule has 0 aliphatic carbocycles. The van der Waals surface area contributed by atoms with E-state index >= 15 is 0 Å². The molecule has 12 heavy (non-hydrogen) atoms. The minimum atomic E-state index is -3.90. The van der Waals surface area contributed by atoms with Gasteiger partial charge in [0.25, 0.3) is 0 Å². The van der Waals surface area contributed by atoms with Crippen molar-refractivity contribution in [3.05, 3.63) is 35.5 Å². The Bertz CT molecular complexity index is 340. The van der Waals surface area contributed by atoms with Gasteiger partial charge in [-0.3, -0.25) is 0 Å². The lowest BCUT2D eigenvalue weighted by atomic mass is 10.3. The Balaban J connectivity index is 5.23. The second kappa shape index (κ2) is 3.64. The van der Waals surface area contributed by atoms with E-state index in [0.29, 0.717) is 0 Å². The maximum Gasteiger partial charge on any atom is 0.238 e. The van der Waals surface area contributed by atoms with Gasteiger partial charge in [-0.2, -0.15) is 0 Å². The topological polar surface area (TPSA) is 60.2 Å². The summed E-state index contributed by atoms with van der Waals surface area (Å²) in [7, 11) is -3.90. The van der Waals surface area contributed by atoms with Crippen molar-refractivity contribution < 1.29 is 12.8 Å². The molecule has 2 N–H and O–H groups in total. The van der Waals surface area contributed by atoms with Crippen LogP contribution in [0.5, 0.6) is 0 Å². The van der Waals surface area contributed by atoms with Crippen LogP contribution in [-0.4, -0.2) is 8.42 Å². The Morgan fingerprint density at radius 2 is 1.92 bits per heavy atom. The summed E-state index contributed by atoms with van der Waals surface area (Å²) in [5.41, 5.74) is 0.177. The third kappa shape index (κ3) is 3.45. The summed E-state index contributed by atoms with van der Waals surface area (Å²) in [4.78, 5) is -0.338. The lowest BCUT2D eigenvalue weighted by Gasteiger charge is -2.01. The molecule has 0 unspecified atom stereocenters. The van der Waals surface area contributed by atoms with Crippen LogP contribution in [0.2, 0.25) is 0 Å². The van der Waals surface area contributed by atoms with Crippen molar-refractivity contribution in [2.75, 3.05) is 0 Å². The predicted molar refractivity (Wildman–Crippen MR) is 46.3 cm³/mol. The highest BCUT2D eigenvalue weighted by molar-refractivity contribution is 7.93. The first-order valence-corrected chi connectivity index (χ1v) is 4.54. The molecule has 0 radical (unpaired) electrons. The second-order valence-electron chi connectivity index (χ2n) is 2.28. The zero-order chi connectivity index (χ0) is 9.94. The standard InChI is InChI=1S/C7H10FNO2S/c1-5(2)7(4-6(3)8)12(9,10)11/h4H,1,3H2,2H3,(H2,9,10,11)/b7-4+. The molecule has 3 nitrogen and oxygen atoms in total. The van der Waals surface area contributed by atoms with Crippen LogP contribution in [0.3, 0.4) is 0 Å². The van der Waals surface area contributed by atoms with Gasteiger partial charge in [0.2, 0.25) is 10.0 Å². The third-order valence-corrected chi connectivity index (χ3v) is 2.09. The second-order valence-corrected chi connectivity index (χ2v) is 3.81. The van der Waals surface area contributed by atoms with Crippen molar-refractivity contribution in [2.24, 2.45) is 5.14 Å². The maximum atomic E-state index is 12.2. The zero-order valence-corrected chi connectivity index (χ0v) is 7.49. The molecule has 0 amide bonds. The fraction of sp³-hybridized carbons (Fsp3) is 0.143. The first-order chi connectivity index (χ1) is 5.25. The van der Waals surface area contributed by atoms with Crippen molar-refractivity contribution in [3.63, 3.8) is 0 Å². The first-order valence-electron chi connectivity index (χ1n) is 3.00. The van der Waals surface area contributed by atoms with Crippen LogP contribution >= 0.6 is 0 Å². The molecule has 0 saturated heterocycles. The van der Waals surface area contributed by atoms with E-state index in [0.717, 1.165) is 6.08 Å². The van der Waals surface area contributed by atoms with Gasteiger partial charge < -0.3 is 0 Å². The van der Waals surface area contributed by atoms with Gasteiger partial charge in [0.15, 0.2) is 0 Å². The van der Waals surface area contributed by atoms with Gasteiger partial charge in [-0.25, -0.2) is 17.9 Å². The molecule has 0 atom stereocenters. The largest absolute Gasteiger partial charge is 0.238 e. The molecule has 0 aromatic heterocycles. The molecule has 0 rings (SSSR count). The normalized spacial score (nSPS) is 12.8. The average Bonchev–Trinajstić information content (AvgIpc) is 1.79. The van der Waals surface area contributed by atoms with Gasteiger partial charge in [0.1, 0.15) is 5.83 Å². The summed E-state index contributed by atoms with van der Waals surface area (Å²) in [6.07, 6.45) is 0.734. The van der Waals surface area contributed by atoms with Crippen LogP contribution in [0.4, 0.5) is 4.39 Å². The van der Waals surface area contributed by atoms with E-state index in [-0.39, 0.29) is 10.5 Å². The number of allylic oxidation sites excluding steroid dienone is 3. The molecule has 0 aromatic carbocycles. The van der Waals surface area contributed by atoms with Crippen molar-refractivity contribution in [1.29, 1.82) is 0 Å². The predicted octanol–water partition coefficient (Wildman–Crippen LogP) is 1.22. The zero-order valence-electron chi connectivity index (χ0n) is 6.67. The Labute approximate surface area is 71.1 Å². The van der Waals surface area contributed by atoms with Gasteiger partial charge in [-0.15, -0.1) is 0 Å². The number of nitrogens with two attached hydrogens (primary N) is 1. The molecule has 0 bridgehead atoms. The number of primary sulfonamides is 1. The summed E-state index contributed by atoms with van der Waals surface area (Å²) >= 11 is 0. The first kappa shape index (κ1) is 11.1. The summed E-state index contributed by atoms with van der Waals surface area (Å²) in [6, 6.07) is 0. The van der Waals surface area contributed by atoms with Gasteiger partial charge in [0, 0.05) is 0 Å². The highest BCUT2D eigenvalue weighted by Crippen LogP contribution is 2.14. The molecule has 0 aliphatic rings. The molecule has 0 fully saturated rings. The van der Waals surface area contributed by atoms with Crippen molar-refractivity contribution in [1.82, 2.24) is 0 Å². The highest BCUT2D eigenvalue weighted by Gasteiger charge is 2.12. The Kier molecular flexibility index (Phi) is 3.36. The van der Waals surface area contributed by atoms with Crippen LogP contribution in [0.25, 0.3) is 0 Å². The quantitative estimate of drug-likeness (QED) is 0.682. The van der Waals surface area contributed by atoms with Crippen LogP contribution in [-0.2, 0) is 10.0 Å². The molecule has 0 aromatic rings. The average molecular weight is 191 g/mol. The van der Waals surface area contributed by atoms with E-state index in [4.69, 9.17) is 5.14 Å². The van der Waals surface area contributed by atoms with Crippen molar-refractivity contribution >= 4 is 10.0 Å². The monoisotopic (exact) mass is 191 g/mol. The highest BCUT2D eigenvalue weighted by atomic mass is 32.2. The van der Waals surface area contributed by atoms with Crippen molar-refractivity contribution in [2.45, 2.75) is 6.92 Å². The van der Waals surface area contributed by atoms with Crippen LogP contribution in [0, 0.1) is 0 Å². The molecule has 0 spiro atoms. The van der Waals surface area contributed by atoms with Crippen molar-refractivity contribution in [3.8, 4) is 0 Å². The van der Waals surface area contributed by atoms with Gasteiger partial charge in [-0.1, -0.05) is 13.2 Å². The van der Waals surface area contributed by atoms with Crippen LogP contribution in [0.1, 0.15) is 6.92 Å². The Morgan fingerprint density at radius 1 is 1.50 bits per heavy atom. The molecule has 5 heteroatoms. The SMILES string of the molecule is C=C(F)/C=C(\C(=C)C)S(N)(=O)=O. The van der Waals surface area contributed by atoms with E-state index in [1.54, 1.807) is 0 Å². The van der Waals surface area contributed by atoms with E-state index in [9.17, 15) is 12.8 Å². The number of hydrogen-bond donors (Lipinski definition) is 1. The lowest BCUT2D eigenvalue weighted by molar-refractivity contribution is 0.603. The van der Waals surface area contributed by atoms with Gasteiger partial charge >= 0.3 is 0 Å². The third-order valence-electron chi connectivity index (χ3n) is 1.01. The number of hydrogen-bond acceptors (Lipinski definition) is 2. The van der Waals surface area contributed by atoms with E-state index in [1.807, 2.05) is 0 Å². The minimum absolute atomic E-state index is 0.177. The number of sulfonamides is 1. The summed E-state index contributed by atoms with van der Waals surface area (Å²) < 4.78 is 33.7. The van der Waals surface area contributed by atoms with Crippen LogP contribution < -0.4 is 5.14 Å². The van der Waals surface area contributed by atoms with E-state index in [2.05, 4.69) is 13.2 Å². The number of rotatable bonds is 3. The molecule has 0 saturated carbocycles. The summed E-state index contributed by atoms with van der Waals surface area (Å²) in [5.74, 6) is -0.873. The molecular formula is C7H10FNO2S. The fourth-order valence-electron chi connectivity index (χ4n) is 0.590. The smallest absolute Gasteiger partial charge is 0.225 e. The van der Waals surface area contributed by atoms with E-state index < -0.39 is 15.9 Å².